The zero-order chi connectivity index (χ0) is 13.2. The Hall–Kier alpha value is -1.07. The molecule has 0 aliphatic carbocycles. The molecule has 1 aliphatic rings. The molecule has 19 heavy (non-hydrogen) atoms. The lowest BCUT2D eigenvalue weighted by Crippen LogP contribution is -2.32. The van der Waals surface area contributed by atoms with Crippen molar-refractivity contribution >= 4 is 40.6 Å². The van der Waals surface area contributed by atoms with E-state index in [0.717, 1.165) is 36.2 Å². The van der Waals surface area contributed by atoms with E-state index < -0.39 is 0 Å². The summed E-state index contributed by atoms with van der Waals surface area (Å²) in [4.78, 5) is 10.2. The van der Waals surface area contributed by atoms with Crippen LogP contribution in [0.2, 0.25) is 0 Å². The fourth-order valence-electron chi connectivity index (χ4n) is 2.37. The molecular formula is C14H17N3S2. The van der Waals surface area contributed by atoms with Gasteiger partial charge in [-0.2, -0.15) is 11.8 Å². The molecule has 0 atom stereocenters. The van der Waals surface area contributed by atoms with Gasteiger partial charge in [-0.1, -0.05) is 19.1 Å². The lowest BCUT2D eigenvalue weighted by atomic mass is 10.2. The highest BCUT2D eigenvalue weighted by Gasteiger charge is 2.12. The number of H-pyrrole nitrogens is 1. The average molecular weight is 291 g/mol. The minimum Gasteiger partial charge on any atom is -0.370 e. The maximum atomic E-state index is 5.41. The van der Waals surface area contributed by atoms with Gasteiger partial charge in [-0.3, -0.25) is 0 Å². The smallest absolute Gasteiger partial charge is 0.137 e. The van der Waals surface area contributed by atoms with Crippen molar-refractivity contribution in [1.29, 1.82) is 0 Å². The Kier molecular flexibility index (Phi) is 3.75. The van der Waals surface area contributed by atoms with E-state index in [1.807, 2.05) is 11.8 Å². The van der Waals surface area contributed by atoms with Crippen molar-refractivity contribution in [3.63, 3.8) is 0 Å². The maximum absolute atomic E-state index is 5.41. The lowest BCUT2D eigenvalue weighted by molar-refractivity contribution is 0.859. The molecule has 5 heteroatoms. The zero-order valence-electron chi connectivity index (χ0n) is 11.0. The van der Waals surface area contributed by atoms with E-state index in [-0.39, 0.29) is 0 Å². The number of hydrogen-bond donors (Lipinski definition) is 1. The normalized spacial score (nSPS) is 15.9. The Balaban J connectivity index is 2.05. The molecule has 0 bridgehead atoms. The summed E-state index contributed by atoms with van der Waals surface area (Å²) >= 11 is 7.44. The second-order valence-electron chi connectivity index (χ2n) is 4.67. The van der Waals surface area contributed by atoms with Gasteiger partial charge >= 0.3 is 0 Å². The second-order valence-corrected chi connectivity index (χ2v) is 6.28. The van der Waals surface area contributed by atoms with Crippen LogP contribution in [0.5, 0.6) is 0 Å². The van der Waals surface area contributed by atoms with Crippen LogP contribution < -0.4 is 4.90 Å². The highest BCUT2D eigenvalue weighted by atomic mass is 32.2. The fourth-order valence-corrected chi connectivity index (χ4v) is 3.55. The molecule has 0 saturated carbocycles. The van der Waals surface area contributed by atoms with Gasteiger partial charge in [0.15, 0.2) is 0 Å². The molecular weight excluding hydrogens is 274 g/mol. The first-order valence-electron chi connectivity index (χ1n) is 6.63. The van der Waals surface area contributed by atoms with Crippen LogP contribution in [0.15, 0.2) is 18.2 Å². The molecule has 0 radical (unpaired) electrons. The quantitative estimate of drug-likeness (QED) is 0.859. The summed E-state index contributed by atoms with van der Waals surface area (Å²) in [7, 11) is 0. The van der Waals surface area contributed by atoms with Gasteiger partial charge in [0.05, 0.1) is 0 Å². The van der Waals surface area contributed by atoms with Crippen molar-refractivity contribution in [3.8, 4) is 0 Å². The van der Waals surface area contributed by atoms with Crippen molar-refractivity contribution in [3.05, 3.63) is 28.7 Å². The fraction of sp³-hybridized carbons (Fsp3) is 0.429. The first-order valence-corrected chi connectivity index (χ1v) is 8.20. The van der Waals surface area contributed by atoms with E-state index >= 15 is 0 Å². The molecule has 1 aromatic carbocycles. The molecule has 1 N–H and O–H groups in total. The second kappa shape index (κ2) is 5.51. The average Bonchev–Trinajstić information content (AvgIpc) is 2.47. The Bertz CT molecular complexity index is 645. The van der Waals surface area contributed by atoms with Crippen LogP contribution in [0.3, 0.4) is 0 Å². The van der Waals surface area contributed by atoms with E-state index in [0.29, 0.717) is 4.64 Å². The molecule has 0 spiro atoms. The van der Waals surface area contributed by atoms with Gasteiger partial charge < -0.3 is 9.88 Å². The summed E-state index contributed by atoms with van der Waals surface area (Å²) in [6.07, 6.45) is 0.880. The van der Waals surface area contributed by atoms with E-state index in [9.17, 15) is 0 Å². The lowest BCUT2D eigenvalue weighted by Gasteiger charge is -2.28. The molecule has 3 nitrogen and oxygen atoms in total. The van der Waals surface area contributed by atoms with E-state index in [1.54, 1.807) is 0 Å². The molecule has 0 amide bonds. The topological polar surface area (TPSA) is 31.9 Å². The van der Waals surface area contributed by atoms with Gasteiger partial charge in [0.2, 0.25) is 0 Å². The number of aromatic amines is 1. The third-order valence-electron chi connectivity index (χ3n) is 3.46. The third kappa shape index (κ3) is 2.62. The maximum Gasteiger partial charge on any atom is 0.137 e. The first kappa shape index (κ1) is 12.9. The van der Waals surface area contributed by atoms with Crippen LogP contribution >= 0.6 is 24.0 Å². The summed E-state index contributed by atoms with van der Waals surface area (Å²) in [5.74, 6) is 3.37. The van der Waals surface area contributed by atoms with Gasteiger partial charge in [-0.25, -0.2) is 4.98 Å². The number of fused-ring (bicyclic) bond motifs is 1. The van der Waals surface area contributed by atoms with Crippen LogP contribution in [-0.4, -0.2) is 34.6 Å². The summed E-state index contributed by atoms with van der Waals surface area (Å²) in [5.41, 5.74) is 2.35. The number of thioether (sulfide) groups is 1. The van der Waals surface area contributed by atoms with Crippen LogP contribution in [-0.2, 0) is 6.42 Å². The molecule has 3 rings (SSSR count). The van der Waals surface area contributed by atoms with Crippen molar-refractivity contribution in [2.45, 2.75) is 13.3 Å². The van der Waals surface area contributed by atoms with Gasteiger partial charge in [0.25, 0.3) is 0 Å². The van der Waals surface area contributed by atoms with Gasteiger partial charge in [-0.05, 0) is 18.2 Å². The predicted molar refractivity (Wildman–Crippen MR) is 85.8 cm³/mol. The number of nitrogens with one attached hydrogen (secondary N) is 1. The van der Waals surface area contributed by atoms with E-state index in [1.165, 1.54) is 17.2 Å². The van der Waals surface area contributed by atoms with Crippen LogP contribution in [0.1, 0.15) is 12.7 Å². The predicted octanol–water partition coefficient (Wildman–Crippen LogP) is 3.41. The van der Waals surface area contributed by atoms with Crippen LogP contribution in [0.4, 0.5) is 5.69 Å². The molecule has 1 aromatic heterocycles. The van der Waals surface area contributed by atoms with Gasteiger partial charge in [0.1, 0.15) is 10.5 Å². The van der Waals surface area contributed by atoms with Crippen molar-refractivity contribution in [2.75, 3.05) is 29.5 Å². The molecule has 1 aliphatic heterocycles. The summed E-state index contributed by atoms with van der Waals surface area (Å²) < 4.78 is 0.707. The van der Waals surface area contributed by atoms with Gasteiger partial charge in [0, 0.05) is 47.6 Å². The van der Waals surface area contributed by atoms with Crippen molar-refractivity contribution in [2.24, 2.45) is 0 Å². The molecule has 1 saturated heterocycles. The summed E-state index contributed by atoms with van der Waals surface area (Å²) in [6, 6.07) is 6.49. The number of aromatic nitrogens is 2. The molecule has 0 unspecified atom stereocenters. The monoisotopic (exact) mass is 291 g/mol. The minimum absolute atomic E-state index is 0.707. The van der Waals surface area contributed by atoms with E-state index in [2.05, 4.69) is 40.0 Å². The van der Waals surface area contributed by atoms with Crippen molar-refractivity contribution < 1.29 is 0 Å². The molecule has 2 heterocycles. The third-order valence-corrected chi connectivity index (χ3v) is 4.71. The molecule has 100 valence electrons. The zero-order valence-corrected chi connectivity index (χ0v) is 12.6. The number of nitrogens with zero attached hydrogens (tertiary/aromatic N) is 2. The SMILES string of the molecule is CCc1nc(=S)c2cc(N3CCSCC3)ccc2[nH]1. The number of anilines is 1. The number of benzene rings is 1. The Morgan fingerprint density at radius 2 is 2.16 bits per heavy atom. The number of hydrogen-bond acceptors (Lipinski definition) is 4. The molecule has 2 aromatic rings. The first-order chi connectivity index (χ1) is 9.28. The van der Waals surface area contributed by atoms with Crippen LogP contribution in [0, 0.1) is 4.64 Å². The Labute approximate surface area is 122 Å². The highest BCUT2D eigenvalue weighted by molar-refractivity contribution is 7.99. The van der Waals surface area contributed by atoms with Crippen molar-refractivity contribution in [1.82, 2.24) is 9.97 Å². The summed E-state index contributed by atoms with van der Waals surface area (Å²) in [6.45, 7) is 4.32. The molecule has 1 fully saturated rings. The summed E-state index contributed by atoms with van der Waals surface area (Å²) in [5, 5.41) is 1.06. The van der Waals surface area contributed by atoms with Crippen LogP contribution in [0.25, 0.3) is 10.9 Å². The standard InChI is InChI=1S/C14H17N3S2/c1-2-13-15-12-4-3-10(9-11(12)14(18)16-13)17-5-7-19-8-6-17/h3-4,9H,2,5-8H2,1H3,(H,15,16,18). The van der Waals surface area contributed by atoms with E-state index in [4.69, 9.17) is 12.2 Å². The highest BCUT2D eigenvalue weighted by Crippen LogP contribution is 2.24. The Morgan fingerprint density at radius 3 is 2.89 bits per heavy atom. The number of rotatable bonds is 2. The van der Waals surface area contributed by atoms with Gasteiger partial charge in [-0.15, -0.1) is 0 Å². The largest absolute Gasteiger partial charge is 0.370 e. The minimum atomic E-state index is 0.707. The number of aryl methyl sites for hydroxylation is 1. The Morgan fingerprint density at radius 1 is 1.37 bits per heavy atom.